The quantitative estimate of drug-likeness (QED) is 0.476. The Balaban J connectivity index is 1.66. The Bertz CT molecular complexity index is 1060. The molecule has 0 bridgehead atoms. The molecule has 1 atom stereocenters. The van der Waals surface area contributed by atoms with E-state index in [-0.39, 0.29) is 22.8 Å². The molecule has 1 aliphatic rings. The summed E-state index contributed by atoms with van der Waals surface area (Å²) in [6.45, 7) is 1.86. The first-order chi connectivity index (χ1) is 14.1. The number of fused-ring (bicyclic) bond motifs is 1. The molecule has 0 spiro atoms. The van der Waals surface area contributed by atoms with Crippen molar-refractivity contribution in [3.63, 3.8) is 0 Å². The number of aromatic nitrogens is 2. The third-order valence-corrected chi connectivity index (χ3v) is 6.47. The SMILES string of the molecule is C[C@H](Sc1nc2ccccc2c(=O)n1C1CCCCC1)C(=O)Nc1ccccc1. The number of hydrogen-bond acceptors (Lipinski definition) is 4. The number of anilines is 1. The van der Waals surface area contributed by atoms with Crippen molar-refractivity contribution in [2.45, 2.75) is 55.5 Å². The molecule has 150 valence electrons. The van der Waals surface area contributed by atoms with Crippen LogP contribution in [0.3, 0.4) is 0 Å². The monoisotopic (exact) mass is 407 g/mol. The molecule has 0 radical (unpaired) electrons. The van der Waals surface area contributed by atoms with Crippen LogP contribution in [0.4, 0.5) is 5.69 Å². The van der Waals surface area contributed by atoms with E-state index in [0.717, 1.165) is 31.4 Å². The molecule has 0 unspecified atom stereocenters. The number of benzene rings is 2. The number of nitrogens with one attached hydrogen (secondary N) is 1. The van der Waals surface area contributed by atoms with Crippen molar-refractivity contribution in [1.82, 2.24) is 9.55 Å². The third kappa shape index (κ3) is 4.37. The Morgan fingerprint density at radius 2 is 1.76 bits per heavy atom. The summed E-state index contributed by atoms with van der Waals surface area (Å²) in [4.78, 5) is 30.8. The zero-order valence-electron chi connectivity index (χ0n) is 16.5. The Hall–Kier alpha value is -2.60. The molecule has 6 heteroatoms. The van der Waals surface area contributed by atoms with Gasteiger partial charge in [-0.1, -0.05) is 61.4 Å². The number of carbonyl (C=O) groups is 1. The number of amides is 1. The maximum absolute atomic E-state index is 13.3. The van der Waals surface area contributed by atoms with Gasteiger partial charge in [0.2, 0.25) is 5.91 Å². The Labute approximate surface area is 174 Å². The minimum atomic E-state index is -0.377. The first-order valence-electron chi connectivity index (χ1n) is 10.2. The van der Waals surface area contributed by atoms with Gasteiger partial charge in [0.05, 0.1) is 16.2 Å². The van der Waals surface area contributed by atoms with Crippen LogP contribution in [0, 0.1) is 0 Å². The van der Waals surface area contributed by atoms with Gasteiger partial charge in [-0.05, 0) is 44.0 Å². The average molecular weight is 408 g/mol. The summed E-state index contributed by atoms with van der Waals surface area (Å²) in [6.07, 6.45) is 5.43. The fourth-order valence-corrected chi connectivity index (χ4v) is 4.83. The number of hydrogen-bond donors (Lipinski definition) is 1. The number of thioether (sulfide) groups is 1. The van der Waals surface area contributed by atoms with Crippen molar-refractivity contribution < 1.29 is 4.79 Å². The first-order valence-corrected chi connectivity index (χ1v) is 11.1. The van der Waals surface area contributed by atoms with Crippen LogP contribution in [0.1, 0.15) is 45.1 Å². The number of carbonyl (C=O) groups excluding carboxylic acids is 1. The predicted octanol–water partition coefficient (Wildman–Crippen LogP) is 5.02. The summed E-state index contributed by atoms with van der Waals surface area (Å²) in [5.41, 5.74) is 1.45. The van der Waals surface area contributed by atoms with Gasteiger partial charge in [0.25, 0.3) is 5.56 Å². The summed E-state index contributed by atoms with van der Waals surface area (Å²) in [6, 6.07) is 17.0. The highest BCUT2D eigenvalue weighted by atomic mass is 32.2. The minimum absolute atomic E-state index is 0.000618. The van der Waals surface area contributed by atoms with Gasteiger partial charge in [-0.25, -0.2) is 4.98 Å². The molecule has 1 aliphatic carbocycles. The van der Waals surface area contributed by atoms with E-state index >= 15 is 0 Å². The average Bonchev–Trinajstić information content (AvgIpc) is 2.75. The summed E-state index contributed by atoms with van der Waals surface area (Å²) in [5, 5.41) is 3.84. The van der Waals surface area contributed by atoms with Crippen LogP contribution in [0.15, 0.2) is 64.5 Å². The van der Waals surface area contributed by atoms with Gasteiger partial charge in [0, 0.05) is 11.7 Å². The second kappa shape index (κ2) is 8.82. The lowest BCUT2D eigenvalue weighted by Gasteiger charge is -2.26. The van der Waals surface area contributed by atoms with E-state index in [1.165, 1.54) is 18.2 Å². The minimum Gasteiger partial charge on any atom is -0.325 e. The van der Waals surface area contributed by atoms with Crippen molar-refractivity contribution in [3.8, 4) is 0 Å². The molecular formula is C23H25N3O2S. The Morgan fingerprint density at radius 1 is 1.07 bits per heavy atom. The van der Waals surface area contributed by atoms with E-state index in [1.807, 2.05) is 66.1 Å². The normalized spacial score (nSPS) is 15.9. The van der Waals surface area contributed by atoms with Crippen molar-refractivity contribution >= 4 is 34.3 Å². The van der Waals surface area contributed by atoms with Crippen molar-refractivity contribution in [1.29, 1.82) is 0 Å². The summed E-state index contributed by atoms with van der Waals surface area (Å²) in [7, 11) is 0. The van der Waals surface area contributed by atoms with E-state index in [2.05, 4.69) is 5.32 Å². The van der Waals surface area contributed by atoms with Gasteiger partial charge < -0.3 is 5.32 Å². The highest BCUT2D eigenvalue weighted by Gasteiger charge is 2.24. The van der Waals surface area contributed by atoms with E-state index in [1.54, 1.807) is 0 Å². The van der Waals surface area contributed by atoms with Crippen molar-refractivity contribution in [3.05, 3.63) is 65.0 Å². The van der Waals surface area contributed by atoms with E-state index in [9.17, 15) is 9.59 Å². The summed E-state index contributed by atoms with van der Waals surface area (Å²) < 4.78 is 1.85. The number of nitrogens with zero attached hydrogens (tertiary/aromatic N) is 2. The van der Waals surface area contributed by atoms with Gasteiger partial charge in [0.1, 0.15) is 0 Å². The van der Waals surface area contributed by atoms with E-state index in [4.69, 9.17) is 4.98 Å². The lowest BCUT2D eigenvalue weighted by Crippen LogP contribution is -2.30. The standard InChI is InChI=1S/C23H25N3O2S/c1-16(21(27)24-17-10-4-2-5-11-17)29-23-25-20-15-9-8-14-19(20)22(28)26(23)18-12-6-3-7-13-18/h2,4-5,8-11,14-16,18H,3,6-7,12-13H2,1H3,(H,24,27)/t16-/m0/s1. The first kappa shape index (κ1) is 19.7. The van der Waals surface area contributed by atoms with Crippen molar-refractivity contribution in [2.24, 2.45) is 0 Å². The molecule has 2 aromatic carbocycles. The molecule has 0 aliphatic heterocycles. The van der Waals surface area contributed by atoms with Gasteiger partial charge in [-0.3, -0.25) is 14.2 Å². The summed E-state index contributed by atoms with van der Waals surface area (Å²) >= 11 is 1.36. The molecule has 1 amide bonds. The fourth-order valence-electron chi connectivity index (χ4n) is 3.85. The van der Waals surface area contributed by atoms with Crippen LogP contribution < -0.4 is 10.9 Å². The molecular weight excluding hydrogens is 382 g/mol. The van der Waals surface area contributed by atoms with E-state index in [0.29, 0.717) is 16.1 Å². The highest BCUT2D eigenvalue weighted by Crippen LogP contribution is 2.32. The molecule has 1 N–H and O–H groups in total. The second-order valence-corrected chi connectivity index (χ2v) is 8.80. The van der Waals surface area contributed by atoms with Crippen molar-refractivity contribution in [2.75, 3.05) is 5.32 Å². The molecule has 3 aromatic rings. The van der Waals surface area contributed by atoms with Crippen LogP contribution in [-0.2, 0) is 4.79 Å². The lowest BCUT2D eigenvalue weighted by atomic mass is 9.95. The predicted molar refractivity (Wildman–Crippen MR) is 119 cm³/mol. The third-order valence-electron chi connectivity index (χ3n) is 5.41. The van der Waals surface area contributed by atoms with E-state index < -0.39 is 0 Å². The van der Waals surface area contributed by atoms with Crippen LogP contribution in [-0.4, -0.2) is 20.7 Å². The maximum Gasteiger partial charge on any atom is 0.262 e. The fraction of sp³-hybridized carbons (Fsp3) is 0.348. The van der Waals surface area contributed by atoms with Gasteiger partial charge in [0.15, 0.2) is 5.16 Å². The molecule has 1 aromatic heterocycles. The molecule has 0 saturated heterocycles. The smallest absolute Gasteiger partial charge is 0.262 e. The molecule has 29 heavy (non-hydrogen) atoms. The van der Waals surface area contributed by atoms with Crippen LogP contribution in [0.25, 0.3) is 10.9 Å². The maximum atomic E-state index is 13.3. The van der Waals surface area contributed by atoms with Gasteiger partial charge in [-0.2, -0.15) is 0 Å². The van der Waals surface area contributed by atoms with Crippen LogP contribution >= 0.6 is 11.8 Å². The molecule has 1 saturated carbocycles. The Kier molecular flexibility index (Phi) is 6.00. The van der Waals surface area contributed by atoms with Crippen LogP contribution in [0.5, 0.6) is 0 Å². The van der Waals surface area contributed by atoms with Gasteiger partial charge >= 0.3 is 0 Å². The topological polar surface area (TPSA) is 64.0 Å². The van der Waals surface area contributed by atoms with Gasteiger partial charge in [-0.15, -0.1) is 0 Å². The molecule has 1 heterocycles. The Morgan fingerprint density at radius 3 is 2.52 bits per heavy atom. The molecule has 4 rings (SSSR count). The zero-order chi connectivity index (χ0) is 20.2. The second-order valence-electron chi connectivity index (χ2n) is 7.49. The summed E-state index contributed by atoms with van der Waals surface area (Å²) in [5.74, 6) is -0.0983. The largest absolute Gasteiger partial charge is 0.325 e. The molecule has 5 nitrogen and oxygen atoms in total. The number of rotatable bonds is 5. The highest BCUT2D eigenvalue weighted by molar-refractivity contribution is 8.00. The molecule has 1 fully saturated rings. The number of para-hydroxylation sites is 2. The lowest BCUT2D eigenvalue weighted by molar-refractivity contribution is -0.115. The van der Waals surface area contributed by atoms with Crippen LogP contribution in [0.2, 0.25) is 0 Å². The zero-order valence-corrected chi connectivity index (χ0v) is 17.3.